The van der Waals surface area contributed by atoms with Crippen molar-refractivity contribution in [2.75, 3.05) is 6.61 Å². The van der Waals surface area contributed by atoms with Gasteiger partial charge >= 0.3 is 0 Å². The summed E-state index contributed by atoms with van der Waals surface area (Å²) in [4.78, 5) is 0. The Morgan fingerprint density at radius 3 is 2.18 bits per heavy atom. The van der Waals surface area contributed by atoms with E-state index in [1.807, 2.05) is 0 Å². The summed E-state index contributed by atoms with van der Waals surface area (Å²) in [5, 5.41) is 12.6. The normalized spacial score (nSPS) is 48.5. The fourth-order valence-corrected chi connectivity index (χ4v) is 3.13. The van der Waals surface area contributed by atoms with Crippen LogP contribution in [0.4, 0.5) is 0 Å². The van der Waals surface area contributed by atoms with E-state index in [-0.39, 0.29) is 0 Å². The predicted molar refractivity (Wildman–Crippen MR) is 48.2 cm³/mol. The minimum Gasteiger partial charge on any atom is -0.396 e. The van der Waals surface area contributed by atoms with E-state index in [0.29, 0.717) is 17.6 Å². The van der Waals surface area contributed by atoms with Crippen molar-refractivity contribution in [3.05, 3.63) is 0 Å². The van der Waals surface area contributed by atoms with Gasteiger partial charge in [-0.25, -0.2) is 0 Å². The van der Waals surface area contributed by atoms with Crippen LogP contribution in [0.25, 0.3) is 0 Å². The molecule has 2 rings (SSSR count). The average molecular weight is 173 g/mol. The molecule has 2 fully saturated rings. The van der Waals surface area contributed by atoms with Crippen LogP contribution in [-0.4, -0.2) is 17.3 Å². The molecule has 0 spiro atoms. The third-order valence-electron chi connectivity index (χ3n) is 3.62. The van der Waals surface area contributed by atoms with E-state index in [0.717, 1.165) is 0 Å². The Morgan fingerprint density at radius 2 is 1.91 bits per heavy atom. The van der Waals surface area contributed by atoms with Crippen LogP contribution in [0.15, 0.2) is 0 Å². The number of aliphatic hydroxyl groups is 1. The molecule has 0 radical (unpaired) electrons. The number of hydrogen-bond acceptors (Lipinski definition) is 2. The molecule has 1 atom stereocenters. The highest BCUT2D eigenvalue weighted by molar-refractivity contribution is 7.13. The highest BCUT2D eigenvalue weighted by Crippen LogP contribution is 2.56. The van der Waals surface area contributed by atoms with Crippen LogP contribution < -0.4 is 5.09 Å². The third-order valence-corrected chi connectivity index (χ3v) is 4.24. The maximum Gasteiger partial charge on any atom is 0.0488 e. The fraction of sp³-hybridized carbons (Fsp3) is 1.00. The van der Waals surface area contributed by atoms with Gasteiger partial charge in [0.15, 0.2) is 0 Å². The monoisotopic (exact) mass is 173 g/mol. The number of aliphatic hydroxyl groups excluding tert-OH is 1. The van der Waals surface area contributed by atoms with Crippen molar-refractivity contribution in [2.45, 2.75) is 37.6 Å². The molecular weight excluding hydrogens is 157 g/mol. The van der Waals surface area contributed by atoms with Crippen molar-refractivity contribution in [3.63, 3.8) is 0 Å². The lowest BCUT2D eigenvalue weighted by atomic mass is 9.85. The van der Waals surface area contributed by atoms with Gasteiger partial charge in [0.25, 0.3) is 0 Å². The van der Waals surface area contributed by atoms with Crippen LogP contribution in [-0.2, 0) is 0 Å². The Bertz CT molecular complexity index is 145. The quantitative estimate of drug-likeness (QED) is 0.612. The summed E-state index contributed by atoms with van der Waals surface area (Å²) in [5.74, 6) is 0. The van der Waals surface area contributed by atoms with Crippen LogP contribution in [0.2, 0.25) is 0 Å². The summed E-state index contributed by atoms with van der Waals surface area (Å²) in [6.07, 6.45) is 6.10. The molecule has 0 aromatic carbocycles. The van der Waals surface area contributed by atoms with Gasteiger partial charge < -0.3 is 5.11 Å². The summed E-state index contributed by atoms with van der Waals surface area (Å²) in [7, 11) is 2.63. The molecule has 0 heterocycles. The van der Waals surface area contributed by atoms with Crippen molar-refractivity contribution in [1.29, 1.82) is 0 Å². The predicted octanol–water partition coefficient (Wildman–Crippen LogP) is 1.06. The molecule has 0 aromatic rings. The summed E-state index contributed by atoms with van der Waals surface area (Å²) in [6, 6.07) is 0. The molecule has 2 aliphatic carbocycles. The van der Waals surface area contributed by atoms with Crippen LogP contribution >= 0.6 is 9.39 Å². The molecule has 0 aromatic heterocycles. The minimum absolute atomic E-state index is 0.295. The van der Waals surface area contributed by atoms with E-state index >= 15 is 0 Å². The van der Waals surface area contributed by atoms with Gasteiger partial charge in [-0.2, -0.15) is 0 Å². The van der Waals surface area contributed by atoms with Crippen LogP contribution in [0.3, 0.4) is 0 Å². The Morgan fingerprint density at radius 1 is 1.27 bits per heavy atom. The van der Waals surface area contributed by atoms with Crippen molar-refractivity contribution < 1.29 is 5.11 Å². The molecule has 2 saturated carbocycles. The second kappa shape index (κ2) is 2.42. The third kappa shape index (κ3) is 1.04. The first-order valence-electron chi connectivity index (χ1n) is 4.33. The second-order valence-corrected chi connectivity index (χ2v) is 4.55. The first kappa shape index (κ1) is 7.97. The maximum absolute atomic E-state index is 9.22. The molecule has 3 heteroatoms. The van der Waals surface area contributed by atoms with Gasteiger partial charge in [0.05, 0.1) is 0 Å². The largest absolute Gasteiger partial charge is 0.396 e. The molecule has 0 amide bonds. The Kier molecular flexibility index (Phi) is 1.75. The van der Waals surface area contributed by atoms with Gasteiger partial charge in [0.1, 0.15) is 0 Å². The molecule has 64 valence electrons. The number of rotatable bonds is 2. The zero-order valence-electron chi connectivity index (χ0n) is 6.77. The first-order chi connectivity index (χ1) is 5.24. The topological polar surface area (TPSA) is 32.3 Å². The first-order valence-corrected chi connectivity index (χ1v) is 4.91. The number of fused-ring (bicyclic) bond motifs is 2. The lowest BCUT2D eigenvalue weighted by molar-refractivity contribution is 0.133. The lowest BCUT2D eigenvalue weighted by Gasteiger charge is -2.26. The van der Waals surface area contributed by atoms with Gasteiger partial charge in [0, 0.05) is 12.1 Å². The summed E-state index contributed by atoms with van der Waals surface area (Å²) in [6.45, 7) is 0.390. The number of nitrogens with one attached hydrogen (secondary N) is 1. The van der Waals surface area contributed by atoms with Crippen molar-refractivity contribution in [2.24, 2.45) is 5.41 Å². The van der Waals surface area contributed by atoms with Crippen molar-refractivity contribution >= 4 is 9.39 Å². The molecule has 2 aliphatic rings. The van der Waals surface area contributed by atoms with Crippen molar-refractivity contribution in [1.82, 2.24) is 5.09 Å². The molecule has 2 N–H and O–H groups in total. The summed E-state index contributed by atoms with van der Waals surface area (Å²) >= 11 is 0. The Labute approximate surface area is 70.0 Å². The molecule has 1 unspecified atom stereocenters. The van der Waals surface area contributed by atoms with E-state index in [1.165, 1.54) is 32.1 Å². The van der Waals surface area contributed by atoms with Crippen LogP contribution in [0, 0.1) is 5.41 Å². The van der Waals surface area contributed by atoms with Gasteiger partial charge in [-0.3, -0.25) is 5.09 Å². The molecule has 0 aliphatic heterocycles. The molecule has 0 saturated heterocycles. The Balaban J connectivity index is 2.15. The minimum atomic E-state index is 0.295. The van der Waals surface area contributed by atoms with Gasteiger partial charge in [-0.1, -0.05) is 9.39 Å². The smallest absolute Gasteiger partial charge is 0.0488 e. The van der Waals surface area contributed by atoms with E-state index in [4.69, 9.17) is 0 Å². The highest BCUT2D eigenvalue weighted by Gasteiger charge is 2.52. The van der Waals surface area contributed by atoms with Gasteiger partial charge in [-0.15, -0.1) is 0 Å². The zero-order chi connectivity index (χ0) is 7.95. The molecule has 2 nitrogen and oxygen atoms in total. The van der Waals surface area contributed by atoms with E-state index in [1.54, 1.807) is 0 Å². The SMILES string of the molecule is OCC12CCC(NP)(CC1)C2. The van der Waals surface area contributed by atoms with Crippen LogP contribution in [0.5, 0.6) is 0 Å². The highest BCUT2D eigenvalue weighted by atomic mass is 31.0. The zero-order valence-corrected chi connectivity index (χ0v) is 7.92. The van der Waals surface area contributed by atoms with Crippen LogP contribution in [0.1, 0.15) is 32.1 Å². The standard InChI is InChI=1S/C8H16NOP/c10-6-7-1-3-8(5-7,9-11)4-2-7/h9-10H,1-6,11H2. The molecule has 2 bridgehead atoms. The fourth-order valence-electron chi connectivity index (χ4n) is 2.74. The summed E-state index contributed by atoms with van der Waals surface area (Å²) in [5.41, 5.74) is 0.664. The molecule has 11 heavy (non-hydrogen) atoms. The second-order valence-electron chi connectivity index (χ2n) is 4.26. The van der Waals surface area contributed by atoms with Gasteiger partial charge in [-0.05, 0) is 37.5 Å². The van der Waals surface area contributed by atoms with Gasteiger partial charge in [0.2, 0.25) is 0 Å². The van der Waals surface area contributed by atoms with Crippen molar-refractivity contribution in [3.8, 4) is 0 Å². The lowest BCUT2D eigenvalue weighted by Crippen LogP contribution is -2.33. The maximum atomic E-state index is 9.22. The van der Waals surface area contributed by atoms with E-state index in [2.05, 4.69) is 14.5 Å². The van der Waals surface area contributed by atoms with E-state index in [9.17, 15) is 5.11 Å². The van der Waals surface area contributed by atoms with E-state index < -0.39 is 0 Å². The molecular formula is C8H16NOP. The number of hydrogen-bond donors (Lipinski definition) is 2. The summed E-state index contributed by atoms with van der Waals surface area (Å²) < 4.78 is 0. The Hall–Kier alpha value is 0.350. The average Bonchev–Trinajstić information content (AvgIpc) is 2.61.